The molecule has 0 aromatic carbocycles. The summed E-state index contributed by atoms with van der Waals surface area (Å²) in [4.78, 5) is 0. The Morgan fingerprint density at radius 3 is 2.58 bits per heavy atom. The van der Waals surface area contributed by atoms with Crippen LogP contribution in [0, 0.1) is 11.3 Å². The molecule has 1 aliphatic heterocycles. The number of hydrogen-bond donors (Lipinski definition) is 1. The SMILES string of the molecule is CC(C)CCC1(C)CCNC1C. The van der Waals surface area contributed by atoms with Gasteiger partial charge in [-0.25, -0.2) is 0 Å². The highest BCUT2D eigenvalue weighted by atomic mass is 15.0. The monoisotopic (exact) mass is 169 g/mol. The summed E-state index contributed by atoms with van der Waals surface area (Å²) in [5.41, 5.74) is 0.574. The van der Waals surface area contributed by atoms with Crippen LogP contribution in [0.3, 0.4) is 0 Å². The molecule has 12 heavy (non-hydrogen) atoms. The largest absolute Gasteiger partial charge is 0.314 e. The quantitative estimate of drug-likeness (QED) is 0.685. The predicted octanol–water partition coefficient (Wildman–Crippen LogP) is 2.81. The maximum Gasteiger partial charge on any atom is 0.00930 e. The highest BCUT2D eigenvalue weighted by molar-refractivity contribution is 4.91. The van der Waals surface area contributed by atoms with Crippen LogP contribution in [0.1, 0.15) is 47.0 Å². The Labute approximate surface area is 76.9 Å². The zero-order chi connectivity index (χ0) is 9.19. The van der Waals surface area contributed by atoms with Gasteiger partial charge in [-0.3, -0.25) is 0 Å². The van der Waals surface area contributed by atoms with Crippen LogP contribution in [0.5, 0.6) is 0 Å². The van der Waals surface area contributed by atoms with Crippen molar-refractivity contribution in [2.24, 2.45) is 11.3 Å². The number of hydrogen-bond acceptors (Lipinski definition) is 1. The highest BCUT2D eigenvalue weighted by Gasteiger charge is 2.34. The summed E-state index contributed by atoms with van der Waals surface area (Å²) in [5.74, 6) is 0.856. The lowest BCUT2D eigenvalue weighted by Crippen LogP contribution is -2.31. The lowest BCUT2D eigenvalue weighted by molar-refractivity contribution is 0.249. The third-order valence-corrected chi connectivity index (χ3v) is 3.48. The van der Waals surface area contributed by atoms with E-state index in [-0.39, 0.29) is 0 Å². The Morgan fingerprint density at radius 2 is 2.17 bits per heavy atom. The third-order valence-electron chi connectivity index (χ3n) is 3.48. The molecule has 1 fully saturated rings. The summed E-state index contributed by atoms with van der Waals surface area (Å²) in [7, 11) is 0. The normalized spacial score (nSPS) is 36.2. The van der Waals surface area contributed by atoms with Gasteiger partial charge in [-0.15, -0.1) is 0 Å². The minimum Gasteiger partial charge on any atom is -0.314 e. The van der Waals surface area contributed by atoms with Crippen LogP contribution >= 0.6 is 0 Å². The van der Waals surface area contributed by atoms with E-state index in [1.54, 1.807) is 0 Å². The van der Waals surface area contributed by atoms with E-state index in [1.807, 2.05) is 0 Å². The molecule has 1 nitrogen and oxygen atoms in total. The summed E-state index contributed by atoms with van der Waals surface area (Å²) in [6.45, 7) is 10.6. The van der Waals surface area contributed by atoms with Crippen molar-refractivity contribution in [3.8, 4) is 0 Å². The second-order valence-corrected chi connectivity index (χ2v) is 5.01. The van der Waals surface area contributed by atoms with Gasteiger partial charge < -0.3 is 5.32 Å². The Hall–Kier alpha value is -0.0400. The van der Waals surface area contributed by atoms with Crippen molar-refractivity contribution in [2.75, 3.05) is 6.54 Å². The van der Waals surface area contributed by atoms with Crippen molar-refractivity contribution < 1.29 is 0 Å². The lowest BCUT2D eigenvalue weighted by atomic mass is 9.78. The smallest absolute Gasteiger partial charge is 0.00930 e. The van der Waals surface area contributed by atoms with Crippen molar-refractivity contribution in [1.29, 1.82) is 0 Å². The number of rotatable bonds is 3. The van der Waals surface area contributed by atoms with E-state index >= 15 is 0 Å². The first-order valence-corrected chi connectivity index (χ1v) is 5.28. The Balaban J connectivity index is 2.37. The van der Waals surface area contributed by atoms with Gasteiger partial charge in [0.1, 0.15) is 0 Å². The highest BCUT2D eigenvalue weighted by Crippen LogP contribution is 2.36. The second kappa shape index (κ2) is 3.78. The molecule has 0 aromatic rings. The molecule has 1 rings (SSSR count). The fraction of sp³-hybridized carbons (Fsp3) is 1.00. The standard InChI is InChI=1S/C11H23N/c1-9(2)5-6-11(4)7-8-12-10(11)3/h9-10,12H,5-8H2,1-4H3. The fourth-order valence-electron chi connectivity index (χ4n) is 2.00. The predicted molar refractivity (Wildman–Crippen MR) is 54.3 cm³/mol. The molecule has 0 saturated carbocycles. The van der Waals surface area contributed by atoms with Crippen LogP contribution in [0.2, 0.25) is 0 Å². The molecule has 2 unspecified atom stereocenters. The molecule has 0 aliphatic carbocycles. The van der Waals surface area contributed by atoms with Crippen molar-refractivity contribution in [3.63, 3.8) is 0 Å². The molecule has 0 bridgehead atoms. The van der Waals surface area contributed by atoms with E-state index < -0.39 is 0 Å². The topological polar surface area (TPSA) is 12.0 Å². The van der Waals surface area contributed by atoms with Crippen LogP contribution in [-0.4, -0.2) is 12.6 Å². The van der Waals surface area contributed by atoms with Crippen LogP contribution in [0.15, 0.2) is 0 Å². The number of nitrogens with one attached hydrogen (secondary N) is 1. The summed E-state index contributed by atoms with van der Waals surface area (Å²) < 4.78 is 0. The van der Waals surface area contributed by atoms with Gasteiger partial charge in [0.2, 0.25) is 0 Å². The average Bonchev–Trinajstić information content (AvgIpc) is 2.30. The van der Waals surface area contributed by atoms with E-state index in [0.29, 0.717) is 5.41 Å². The minimum absolute atomic E-state index is 0.574. The summed E-state index contributed by atoms with van der Waals surface area (Å²) >= 11 is 0. The van der Waals surface area contributed by atoms with Crippen LogP contribution in [-0.2, 0) is 0 Å². The van der Waals surface area contributed by atoms with E-state index in [1.165, 1.54) is 25.8 Å². The van der Waals surface area contributed by atoms with E-state index in [9.17, 15) is 0 Å². The van der Waals surface area contributed by atoms with Crippen molar-refractivity contribution in [2.45, 2.75) is 53.0 Å². The molecule has 1 heteroatoms. The Morgan fingerprint density at radius 1 is 1.50 bits per heavy atom. The van der Waals surface area contributed by atoms with Crippen molar-refractivity contribution in [1.82, 2.24) is 5.32 Å². The molecular weight excluding hydrogens is 146 g/mol. The summed E-state index contributed by atoms with van der Waals surface area (Å²) in [6, 6.07) is 0.719. The molecular formula is C11H23N. The molecule has 1 N–H and O–H groups in total. The molecule has 0 amide bonds. The van der Waals surface area contributed by atoms with Gasteiger partial charge in [0, 0.05) is 6.04 Å². The molecule has 72 valence electrons. The van der Waals surface area contributed by atoms with E-state index in [2.05, 4.69) is 33.0 Å². The molecule has 1 saturated heterocycles. The molecule has 0 radical (unpaired) electrons. The summed E-state index contributed by atoms with van der Waals surface area (Å²) in [6.07, 6.45) is 4.13. The first-order chi connectivity index (χ1) is 5.54. The molecule has 1 aliphatic rings. The van der Waals surface area contributed by atoms with E-state index in [0.717, 1.165) is 12.0 Å². The summed E-state index contributed by atoms with van der Waals surface area (Å²) in [5, 5.41) is 3.53. The van der Waals surface area contributed by atoms with Gasteiger partial charge in [0.05, 0.1) is 0 Å². The van der Waals surface area contributed by atoms with Gasteiger partial charge in [-0.05, 0) is 37.6 Å². The zero-order valence-corrected chi connectivity index (χ0v) is 8.98. The average molecular weight is 169 g/mol. The molecule has 2 atom stereocenters. The van der Waals surface area contributed by atoms with Gasteiger partial charge in [0.15, 0.2) is 0 Å². The Kier molecular flexibility index (Phi) is 3.16. The maximum absolute atomic E-state index is 3.53. The van der Waals surface area contributed by atoms with Crippen LogP contribution in [0.4, 0.5) is 0 Å². The molecule has 1 heterocycles. The van der Waals surface area contributed by atoms with E-state index in [4.69, 9.17) is 0 Å². The first-order valence-electron chi connectivity index (χ1n) is 5.28. The third kappa shape index (κ3) is 2.22. The van der Waals surface area contributed by atoms with Gasteiger partial charge >= 0.3 is 0 Å². The maximum atomic E-state index is 3.53. The Bertz CT molecular complexity index is 142. The molecule has 0 spiro atoms. The second-order valence-electron chi connectivity index (χ2n) is 5.01. The first kappa shape index (κ1) is 10.0. The molecule has 0 aromatic heterocycles. The van der Waals surface area contributed by atoms with Crippen molar-refractivity contribution in [3.05, 3.63) is 0 Å². The van der Waals surface area contributed by atoms with Crippen molar-refractivity contribution >= 4 is 0 Å². The fourth-order valence-corrected chi connectivity index (χ4v) is 2.00. The van der Waals surface area contributed by atoms with Crippen LogP contribution in [0.25, 0.3) is 0 Å². The van der Waals surface area contributed by atoms with Gasteiger partial charge in [-0.2, -0.15) is 0 Å². The lowest BCUT2D eigenvalue weighted by Gasteiger charge is -2.29. The van der Waals surface area contributed by atoms with Gasteiger partial charge in [-0.1, -0.05) is 27.2 Å². The minimum atomic E-state index is 0.574. The zero-order valence-electron chi connectivity index (χ0n) is 8.98. The van der Waals surface area contributed by atoms with Gasteiger partial charge in [0.25, 0.3) is 0 Å². The van der Waals surface area contributed by atoms with Crippen LogP contribution < -0.4 is 5.32 Å².